The maximum atomic E-state index is 12.5. The number of hydrogen-bond acceptors (Lipinski definition) is 10. The van der Waals surface area contributed by atoms with Crippen LogP contribution in [-0.4, -0.2) is 56.5 Å². The van der Waals surface area contributed by atoms with Gasteiger partial charge in [-0.25, -0.2) is 4.79 Å². The molecule has 1 aromatic carbocycles. The minimum absolute atomic E-state index is 0.122. The molecule has 0 spiro atoms. The molecular weight excluding hydrogens is 506 g/mol. The molecule has 0 fully saturated rings. The SMILES string of the molecule is CCCCCC(=O)Oc1ccc(C[C@H](NCC(C)OC(=O)OCCC)C(=O)OC)cc1OC(=O)CCCCC. The van der Waals surface area contributed by atoms with Crippen LogP contribution in [0.1, 0.15) is 91.0 Å². The maximum absolute atomic E-state index is 12.5. The zero-order valence-corrected chi connectivity index (χ0v) is 24.0. The molecule has 220 valence electrons. The van der Waals surface area contributed by atoms with Crippen LogP contribution in [0.25, 0.3) is 0 Å². The second-order valence-corrected chi connectivity index (χ2v) is 9.36. The minimum atomic E-state index is -0.775. The lowest BCUT2D eigenvalue weighted by atomic mass is 10.0. The summed E-state index contributed by atoms with van der Waals surface area (Å²) in [5.41, 5.74) is 0.649. The monoisotopic (exact) mass is 551 g/mol. The van der Waals surface area contributed by atoms with Crippen LogP contribution >= 0.6 is 0 Å². The molecule has 1 unspecified atom stereocenters. The molecule has 0 radical (unpaired) electrons. The highest BCUT2D eigenvalue weighted by Crippen LogP contribution is 2.30. The summed E-state index contributed by atoms with van der Waals surface area (Å²) in [7, 11) is 1.28. The summed E-state index contributed by atoms with van der Waals surface area (Å²) in [6.45, 7) is 8.08. The van der Waals surface area contributed by atoms with Crippen molar-refractivity contribution >= 4 is 24.1 Å². The van der Waals surface area contributed by atoms with Crippen LogP contribution in [-0.2, 0) is 35.0 Å². The molecular formula is C29H45NO9. The normalized spacial score (nSPS) is 12.2. The molecule has 0 saturated carbocycles. The number of methoxy groups -OCH3 is 1. The van der Waals surface area contributed by atoms with E-state index in [9.17, 15) is 19.2 Å². The Kier molecular flexibility index (Phi) is 17.3. The van der Waals surface area contributed by atoms with Gasteiger partial charge >= 0.3 is 24.1 Å². The molecule has 10 heteroatoms. The van der Waals surface area contributed by atoms with E-state index in [1.807, 2.05) is 20.8 Å². The van der Waals surface area contributed by atoms with E-state index in [-0.39, 0.29) is 43.9 Å². The number of unbranched alkanes of at least 4 members (excludes halogenated alkanes) is 4. The lowest BCUT2D eigenvalue weighted by molar-refractivity contribution is -0.143. The summed E-state index contributed by atoms with van der Waals surface area (Å²) in [5, 5.41) is 3.05. The van der Waals surface area contributed by atoms with Gasteiger partial charge in [0.2, 0.25) is 0 Å². The van der Waals surface area contributed by atoms with Gasteiger partial charge in [0.05, 0.1) is 13.7 Å². The van der Waals surface area contributed by atoms with Crippen molar-refractivity contribution < 1.29 is 42.9 Å². The Balaban J connectivity index is 2.99. The van der Waals surface area contributed by atoms with Gasteiger partial charge in [-0.3, -0.25) is 14.4 Å². The first-order chi connectivity index (χ1) is 18.7. The number of nitrogens with one attached hydrogen (secondary N) is 1. The second-order valence-electron chi connectivity index (χ2n) is 9.36. The van der Waals surface area contributed by atoms with Crippen LogP contribution < -0.4 is 14.8 Å². The third-order valence-electron chi connectivity index (χ3n) is 5.72. The van der Waals surface area contributed by atoms with Crippen LogP contribution in [0.5, 0.6) is 11.5 Å². The molecule has 1 rings (SSSR count). The summed E-state index contributed by atoms with van der Waals surface area (Å²) in [4.78, 5) is 48.9. The quantitative estimate of drug-likeness (QED) is 0.138. The van der Waals surface area contributed by atoms with Crippen LogP contribution in [0.4, 0.5) is 4.79 Å². The molecule has 0 aliphatic heterocycles. The van der Waals surface area contributed by atoms with Crippen LogP contribution in [0.15, 0.2) is 18.2 Å². The van der Waals surface area contributed by atoms with Gasteiger partial charge in [0.1, 0.15) is 12.1 Å². The van der Waals surface area contributed by atoms with Crippen molar-refractivity contribution in [3.05, 3.63) is 23.8 Å². The average molecular weight is 552 g/mol. The van der Waals surface area contributed by atoms with E-state index in [1.165, 1.54) is 7.11 Å². The molecule has 39 heavy (non-hydrogen) atoms. The summed E-state index contributed by atoms with van der Waals surface area (Å²) < 4.78 is 26.1. The van der Waals surface area contributed by atoms with Crippen molar-refractivity contribution in [2.75, 3.05) is 20.3 Å². The van der Waals surface area contributed by atoms with E-state index in [2.05, 4.69) is 5.32 Å². The van der Waals surface area contributed by atoms with Crippen LogP contribution in [0.2, 0.25) is 0 Å². The van der Waals surface area contributed by atoms with E-state index in [0.717, 1.165) is 25.7 Å². The Morgan fingerprint density at radius 1 is 0.846 bits per heavy atom. The first-order valence-corrected chi connectivity index (χ1v) is 13.9. The summed E-state index contributed by atoms with van der Waals surface area (Å²) in [6, 6.07) is 4.07. The topological polar surface area (TPSA) is 126 Å². The predicted octanol–water partition coefficient (Wildman–Crippen LogP) is 5.28. The number of carbonyl (C=O) groups is 4. The fourth-order valence-electron chi connectivity index (χ4n) is 3.58. The van der Waals surface area contributed by atoms with E-state index >= 15 is 0 Å². The minimum Gasteiger partial charge on any atom is -0.468 e. The second kappa shape index (κ2) is 19.9. The van der Waals surface area contributed by atoms with Crippen molar-refractivity contribution in [2.24, 2.45) is 0 Å². The summed E-state index contributed by atoms with van der Waals surface area (Å²) >= 11 is 0. The van der Waals surface area contributed by atoms with Gasteiger partial charge in [-0.05, 0) is 50.3 Å². The molecule has 10 nitrogen and oxygen atoms in total. The molecule has 2 atom stereocenters. The highest BCUT2D eigenvalue weighted by atomic mass is 16.7. The highest BCUT2D eigenvalue weighted by molar-refractivity contribution is 5.77. The number of carbonyl (C=O) groups excluding carboxylic acids is 4. The van der Waals surface area contributed by atoms with Crippen molar-refractivity contribution in [1.29, 1.82) is 0 Å². The number of hydrogen-bond donors (Lipinski definition) is 1. The first-order valence-electron chi connectivity index (χ1n) is 13.9. The van der Waals surface area contributed by atoms with Gasteiger partial charge in [0, 0.05) is 19.4 Å². The number of benzene rings is 1. The van der Waals surface area contributed by atoms with Crippen molar-refractivity contribution in [3.8, 4) is 11.5 Å². The third kappa shape index (κ3) is 14.6. The van der Waals surface area contributed by atoms with E-state index < -0.39 is 36.2 Å². The molecule has 1 aromatic rings. The van der Waals surface area contributed by atoms with Crippen LogP contribution in [0, 0.1) is 0 Å². The van der Waals surface area contributed by atoms with Gasteiger partial charge in [0.25, 0.3) is 0 Å². The zero-order chi connectivity index (χ0) is 29.0. The van der Waals surface area contributed by atoms with E-state index in [4.69, 9.17) is 23.7 Å². The molecule has 0 bridgehead atoms. The largest absolute Gasteiger partial charge is 0.508 e. The van der Waals surface area contributed by atoms with Gasteiger partial charge in [-0.15, -0.1) is 0 Å². The van der Waals surface area contributed by atoms with Crippen molar-refractivity contribution in [3.63, 3.8) is 0 Å². The molecule has 0 saturated heterocycles. The molecule has 1 N–H and O–H groups in total. The Hall–Kier alpha value is -3.14. The fraction of sp³-hybridized carbons (Fsp3) is 0.655. The van der Waals surface area contributed by atoms with Gasteiger partial charge in [0.15, 0.2) is 11.5 Å². The maximum Gasteiger partial charge on any atom is 0.508 e. The Morgan fingerprint density at radius 3 is 2.03 bits per heavy atom. The Morgan fingerprint density at radius 2 is 1.46 bits per heavy atom. The van der Waals surface area contributed by atoms with Gasteiger partial charge in [-0.2, -0.15) is 0 Å². The molecule has 0 aliphatic rings. The predicted molar refractivity (Wildman–Crippen MR) is 146 cm³/mol. The lowest BCUT2D eigenvalue weighted by Gasteiger charge is -2.20. The van der Waals surface area contributed by atoms with Crippen LogP contribution in [0.3, 0.4) is 0 Å². The summed E-state index contributed by atoms with van der Waals surface area (Å²) in [6.07, 6.45) is 5.21. The molecule has 0 heterocycles. The van der Waals surface area contributed by atoms with E-state index in [0.29, 0.717) is 24.8 Å². The third-order valence-corrected chi connectivity index (χ3v) is 5.72. The Bertz CT molecular complexity index is 903. The highest BCUT2D eigenvalue weighted by Gasteiger charge is 2.23. The number of ether oxygens (including phenoxy) is 5. The molecule has 0 aromatic heterocycles. The molecule has 0 aliphatic carbocycles. The smallest absolute Gasteiger partial charge is 0.468 e. The number of esters is 3. The fourth-order valence-corrected chi connectivity index (χ4v) is 3.58. The molecule has 0 amide bonds. The standard InChI is InChI=1S/C29H45NO9/c1-6-9-11-13-26(31)38-24-16-15-22(19-25(24)39-27(32)14-12-10-7-2)18-23(28(33)35-5)30-20-21(4)37-29(34)36-17-8-3/h15-16,19,21,23,30H,6-14,17-18,20H2,1-5H3/t21?,23-/m0/s1. The lowest BCUT2D eigenvalue weighted by Crippen LogP contribution is -2.43. The zero-order valence-electron chi connectivity index (χ0n) is 24.0. The summed E-state index contributed by atoms with van der Waals surface area (Å²) in [5.74, 6) is -1.07. The van der Waals surface area contributed by atoms with Gasteiger partial charge in [-0.1, -0.05) is 52.5 Å². The van der Waals surface area contributed by atoms with E-state index in [1.54, 1.807) is 25.1 Å². The van der Waals surface area contributed by atoms with Crippen molar-refractivity contribution in [1.82, 2.24) is 5.32 Å². The average Bonchev–Trinajstić information content (AvgIpc) is 2.91. The number of rotatable bonds is 19. The first kappa shape index (κ1) is 33.9. The Labute approximate surface area is 232 Å². The van der Waals surface area contributed by atoms with Crippen molar-refractivity contribution in [2.45, 2.75) is 104 Å². The van der Waals surface area contributed by atoms with Gasteiger partial charge < -0.3 is 29.0 Å².